The van der Waals surface area contributed by atoms with E-state index in [2.05, 4.69) is 52.4 Å². The summed E-state index contributed by atoms with van der Waals surface area (Å²) in [5, 5.41) is 4.93. The maximum atomic E-state index is 4.93. The second-order valence-corrected chi connectivity index (χ2v) is 8.97. The van der Waals surface area contributed by atoms with E-state index in [4.69, 9.17) is 10.1 Å². The van der Waals surface area contributed by atoms with Crippen LogP contribution in [0.1, 0.15) is 68.0 Å². The van der Waals surface area contributed by atoms with Gasteiger partial charge in [-0.05, 0) is 19.8 Å². The van der Waals surface area contributed by atoms with Crippen molar-refractivity contribution in [3.05, 3.63) is 53.0 Å². The zero-order chi connectivity index (χ0) is 18.8. The Hall–Kier alpha value is -2.34. The summed E-state index contributed by atoms with van der Waals surface area (Å²) in [6.45, 7) is 9.44. The molecule has 3 aromatic rings. The molecule has 0 N–H and O–H groups in total. The summed E-state index contributed by atoms with van der Waals surface area (Å²) in [5.41, 5.74) is 5.98. The van der Waals surface area contributed by atoms with Gasteiger partial charge in [-0.1, -0.05) is 20.8 Å². The van der Waals surface area contributed by atoms with Crippen molar-refractivity contribution in [3.8, 4) is 0 Å². The van der Waals surface area contributed by atoms with Crippen LogP contribution in [0.2, 0.25) is 0 Å². The van der Waals surface area contributed by atoms with Crippen molar-refractivity contribution in [2.45, 2.75) is 71.0 Å². The first-order valence-electron chi connectivity index (χ1n) is 9.81. The van der Waals surface area contributed by atoms with E-state index >= 15 is 0 Å². The lowest BCUT2D eigenvalue weighted by Crippen LogP contribution is -2.38. The first kappa shape index (κ1) is 16.8. The summed E-state index contributed by atoms with van der Waals surface area (Å²) < 4.78 is 2.10. The highest BCUT2D eigenvalue weighted by Crippen LogP contribution is 2.44. The zero-order valence-electron chi connectivity index (χ0n) is 16.5. The van der Waals surface area contributed by atoms with Crippen molar-refractivity contribution in [2.75, 3.05) is 0 Å². The Morgan fingerprint density at radius 1 is 1.07 bits per heavy atom. The van der Waals surface area contributed by atoms with Crippen LogP contribution < -0.4 is 0 Å². The van der Waals surface area contributed by atoms with E-state index < -0.39 is 0 Å². The molecule has 0 spiro atoms. The van der Waals surface area contributed by atoms with Gasteiger partial charge in [-0.15, -0.1) is 0 Å². The fourth-order valence-electron chi connectivity index (χ4n) is 4.51. The van der Waals surface area contributed by atoms with Gasteiger partial charge in [-0.25, -0.2) is 19.5 Å². The minimum Gasteiger partial charge on any atom is -0.289 e. The summed E-state index contributed by atoms with van der Waals surface area (Å²) in [6, 6.07) is 3.11. The minimum absolute atomic E-state index is 0.0334. The molecule has 3 aromatic heterocycles. The van der Waals surface area contributed by atoms with Crippen molar-refractivity contribution < 1.29 is 0 Å². The molecule has 0 aliphatic carbocycles. The molecule has 27 heavy (non-hydrogen) atoms. The number of rotatable bonds is 2. The molecule has 0 unspecified atom stereocenters. The maximum absolute atomic E-state index is 4.93. The van der Waals surface area contributed by atoms with Crippen LogP contribution in [0.15, 0.2) is 24.7 Å². The van der Waals surface area contributed by atoms with Crippen molar-refractivity contribution in [3.63, 3.8) is 0 Å². The Balaban J connectivity index is 1.52. The van der Waals surface area contributed by atoms with Crippen LogP contribution in [-0.4, -0.2) is 35.5 Å². The first-order valence-corrected chi connectivity index (χ1v) is 9.81. The van der Waals surface area contributed by atoms with Crippen molar-refractivity contribution >= 4 is 5.65 Å². The quantitative estimate of drug-likeness (QED) is 0.699. The van der Waals surface area contributed by atoms with Crippen LogP contribution in [0.5, 0.6) is 0 Å². The SMILES string of the molecule is Cc1ncc(CN2[C@@H]3CC[C@@H]2c2cnc4cc(C(C)(C)C)nn4c2C3)cn1. The Morgan fingerprint density at radius 2 is 1.85 bits per heavy atom. The second kappa shape index (κ2) is 5.83. The predicted octanol–water partition coefficient (Wildman–Crippen LogP) is 3.39. The standard InChI is InChI=1S/C21H26N6/c1-13-22-9-14(10-23-13)12-26-15-5-6-17(26)16-11-24-20-8-19(21(2,3)4)25-27(20)18(16)7-15/h8-11,15,17H,5-7,12H2,1-4H3/t15-,17-/m1/s1. The molecule has 2 aliphatic rings. The maximum Gasteiger partial charge on any atom is 0.155 e. The van der Waals surface area contributed by atoms with E-state index in [0.717, 1.165) is 30.1 Å². The van der Waals surface area contributed by atoms with Crippen molar-refractivity contribution in [1.82, 2.24) is 29.5 Å². The van der Waals surface area contributed by atoms with E-state index in [0.29, 0.717) is 12.1 Å². The molecule has 5 rings (SSSR count). The molecule has 6 nitrogen and oxygen atoms in total. The van der Waals surface area contributed by atoms with Crippen LogP contribution in [0, 0.1) is 6.92 Å². The lowest BCUT2D eigenvalue weighted by Gasteiger charge is -2.36. The molecule has 2 atom stereocenters. The third-order valence-corrected chi connectivity index (χ3v) is 6.01. The predicted molar refractivity (Wildman–Crippen MR) is 103 cm³/mol. The van der Waals surface area contributed by atoms with Gasteiger partial charge in [0.15, 0.2) is 5.65 Å². The molecular formula is C21H26N6. The summed E-state index contributed by atoms with van der Waals surface area (Å²) >= 11 is 0. The molecule has 2 bridgehead atoms. The van der Waals surface area contributed by atoms with Crippen LogP contribution in [0.3, 0.4) is 0 Å². The van der Waals surface area contributed by atoms with Crippen LogP contribution in [-0.2, 0) is 18.4 Å². The Morgan fingerprint density at radius 3 is 2.59 bits per heavy atom. The number of hydrogen-bond acceptors (Lipinski definition) is 5. The number of hydrogen-bond donors (Lipinski definition) is 0. The van der Waals surface area contributed by atoms with Gasteiger partial charge in [0, 0.05) is 66.2 Å². The number of fused-ring (bicyclic) bond motifs is 6. The van der Waals surface area contributed by atoms with E-state index in [1.807, 2.05) is 19.3 Å². The fraction of sp³-hybridized carbons (Fsp3) is 0.524. The van der Waals surface area contributed by atoms with E-state index in [1.54, 1.807) is 0 Å². The van der Waals surface area contributed by atoms with Crippen molar-refractivity contribution in [1.29, 1.82) is 0 Å². The van der Waals surface area contributed by atoms with Gasteiger partial charge in [0.2, 0.25) is 0 Å². The summed E-state index contributed by atoms with van der Waals surface area (Å²) in [4.78, 5) is 16.1. The Bertz CT molecular complexity index is 998. The van der Waals surface area contributed by atoms with Gasteiger partial charge in [0.05, 0.1) is 11.4 Å². The molecule has 5 heterocycles. The molecule has 0 aromatic carbocycles. The van der Waals surface area contributed by atoms with Gasteiger partial charge in [-0.3, -0.25) is 4.90 Å². The first-order chi connectivity index (χ1) is 12.9. The fourth-order valence-corrected chi connectivity index (χ4v) is 4.51. The molecule has 6 heteroatoms. The molecular weight excluding hydrogens is 336 g/mol. The van der Waals surface area contributed by atoms with Gasteiger partial charge < -0.3 is 0 Å². The molecule has 0 radical (unpaired) electrons. The molecule has 1 fully saturated rings. The number of aryl methyl sites for hydroxylation is 1. The summed E-state index contributed by atoms with van der Waals surface area (Å²) in [6.07, 6.45) is 9.45. The summed E-state index contributed by atoms with van der Waals surface area (Å²) in [7, 11) is 0. The van der Waals surface area contributed by atoms with Crippen molar-refractivity contribution in [2.24, 2.45) is 0 Å². The molecule has 140 valence electrons. The largest absolute Gasteiger partial charge is 0.289 e. The average Bonchev–Trinajstić information content (AvgIpc) is 3.18. The van der Waals surface area contributed by atoms with Gasteiger partial charge in [0.25, 0.3) is 0 Å². The minimum atomic E-state index is 0.0334. The molecule has 2 aliphatic heterocycles. The monoisotopic (exact) mass is 362 g/mol. The van der Waals surface area contributed by atoms with Crippen LogP contribution in [0.4, 0.5) is 0 Å². The Labute approximate surface area is 159 Å². The lowest BCUT2D eigenvalue weighted by atomic mass is 9.93. The van der Waals surface area contributed by atoms with Gasteiger partial charge >= 0.3 is 0 Å². The summed E-state index contributed by atoms with van der Waals surface area (Å²) in [5.74, 6) is 0.825. The van der Waals surface area contributed by atoms with Gasteiger partial charge in [0.1, 0.15) is 5.82 Å². The normalized spacial score (nSPS) is 22.4. The smallest absolute Gasteiger partial charge is 0.155 e. The molecule has 0 amide bonds. The molecule has 0 saturated carbocycles. The zero-order valence-corrected chi connectivity index (χ0v) is 16.5. The highest BCUT2D eigenvalue weighted by atomic mass is 15.3. The van der Waals surface area contributed by atoms with E-state index in [-0.39, 0.29) is 5.41 Å². The van der Waals surface area contributed by atoms with E-state index in [9.17, 15) is 0 Å². The van der Waals surface area contributed by atoms with Gasteiger partial charge in [-0.2, -0.15) is 5.10 Å². The van der Waals surface area contributed by atoms with Crippen LogP contribution in [0.25, 0.3) is 5.65 Å². The third kappa shape index (κ3) is 2.74. The number of aromatic nitrogens is 5. The second-order valence-electron chi connectivity index (χ2n) is 8.97. The lowest BCUT2D eigenvalue weighted by molar-refractivity contribution is 0.164. The number of nitrogens with zero attached hydrogens (tertiary/aromatic N) is 6. The highest BCUT2D eigenvalue weighted by molar-refractivity contribution is 5.45. The average molecular weight is 362 g/mol. The molecule has 1 saturated heterocycles. The highest BCUT2D eigenvalue weighted by Gasteiger charge is 2.41. The Kier molecular flexibility index (Phi) is 3.63. The van der Waals surface area contributed by atoms with Crippen LogP contribution >= 0.6 is 0 Å². The topological polar surface area (TPSA) is 59.2 Å². The van der Waals surface area contributed by atoms with E-state index in [1.165, 1.54) is 29.7 Å². The third-order valence-electron chi connectivity index (χ3n) is 6.01.